The number of hydrogen-bond acceptors (Lipinski definition) is 6. The first kappa shape index (κ1) is 15.6. The Morgan fingerprint density at radius 2 is 2.14 bits per heavy atom. The molecule has 0 amide bonds. The lowest BCUT2D eigenvalue weighted by molar-refractivity contribution is 0.308. The maximum atomic E-state index is 5.70. The highest BCUT2D eigenvalue weighted by Gasteiger charge is 2.13. The van der Waals surface area contributed by atoms with Crippen molar-refractivity contribution in [3.63, 3.8) is 0 Å². The Labute approximate surface area is 131 Å². The Bertz CT molecular complexity index is 602. The van der Waals surface area contributed by atoms with Crippen molar-refractivity contribution in [2.24, 2.45) is 0 Å². The van der Waals surface area contributed by atoms with Gasteiger partial charge in [-0.15, -0.1) is 0 Å². The van der Waals surface area contributed by atoms with Gasteiger partial charge in [0.05, 0.1) is 13.7 Å². The summed E-state index contributed by atoms with van der Waals surface area (Å²) in [6.07, 6.45) is 0. The molecule has 1 aromatic carbocycles. The summed E-state index contributed by atoms with van der Waals surface area (Å²) in [6, 6.07) is 3.87. The van der Waals surface area contributed by atoms with Crippen LogP contribution in [0.15, 0.2) is 16.6 Å². The molecule has 7 nitrogen and oxygen atoms in total. The largest absolute Gasteiger partial charge is 0.493 e. The van der Waals surface area contributed by atoms with E-state index in [1.807, 2.05) is 26.0 Å². The van der Waals surface area contributed by atoms with Crippen LogP contribution in [0.4, 0.5) is 5.95 Å². The summed E-state index contributed by atoms with van der Waals surface area (Å²) in [7, 11) is 1.62. The molecule has 21 heavy (non-hydrogen) atoms. The van der Waals surface area contributed by atoms with Crippen molar-refractivity contribution < 1.29 is 9.47 Å². The second-order valence-electron chi connectivity index (χ2n) is 4.20. The van der Waals surface area contributed by atoms with Crippen molar-refractivity contribution in [3.8, 4) is 11.5 Å². The number of aryl methyl sites for hydroxylation is 1. The number of nitrogens with one attached hydrogen (secondary N) is 1. The van der Waals surface area contributed by atoms with Gasteiger partial charge >= 0.3 is 0 Å². The topological polar surface area (TPSA) is 74.1 Å². The number of aromatic nitrogens is 4. The lowest BCUT2D eigenvalue weighted by atomic mass is 10.2. The van der Waals surface area contributed by atoms with Gasteiger partial charge in [0.2, 0.25) is 5.95 Å². The highest BCUT2D eigenvalue weighted by molar-refractivity contribution is 9.10. The predicted molar refractivity (Wildman–Crippen MR) is 82.7 cm³/mol. The zero-order valence-electron chi connectivity index (χ0n) is 12.3. The molecule has 0 saturated carbocycles. The molecule has 0 aliphatic heterocycles. The predicted octanol–water partition coefficient (Wildman–Crippen LogP) is 2.47. The summed E-state index contributed by atoms with van der Waals surface area (Å²) in [4.78, 5) is 0. The fraction of sp³-hybridized carbons (Fsp3) is 0.462. The van der Waals surface area contributed by atoms with Gasteiger partial charge < -0.3 is 14.8 Å². The summed E-state index contributed by atoms with van der Waals surface area (Å²) in [6.45, 7) is 5.73. The number of rotatable bonds is 7. The smallest absolute Gasteiger partial charge is 0.243 e. The number of halogens is 1. The van der Waals surface area contributed by atoms with Crippen LogP contribution < -0.4 is 14.8 Å². The maximum absolute atomic E-state index is 5.70. The van der Waals surface area contributed by atoms with Crippen LogP contribution in [0.2, 0.25) is 0 Å². The third-order valence-corrected chi connectivity index (χ3v) is 3.33. The van der Waals surface area contributed by atoms with Crippen molar-refractivity contribution >= 4 is 21.9 Å². The molecule has 114 valence electrons. The van der Waals surface area contributed by atoms with Crippen molar-refractivity contribution in [3.05, 3.63) is 22.2 Å². The van der Waals surface area contributed by atoms with Crippen LogP contribution in [0, 0.1) is 0 Å². The summed E-state index contributed by atoms with van der Waals surface area (Å²) in [5.41, 5.74) is 0.966. The number of hydrogen-bond donors (Lipinski definition) is 1. The molecule has 0 spiro atoms. The van der Waals surface area contributed by atoms with Crippen molar-refractivity contribution in [1.82, 2.24) is 20.2 Å². The van der Waals surface area contributed by atoms with E-state index < -0.39 is 0 Å². The van der Waals surface area contributed by atoms with Gasteiger partial charge in [0.15, 0.2) is 11.5 Å². The van der Waals surface area contributed by atoms with E-state index in [2.05, 4.69) is 36.8 Å². The first-order valence-corrected chi connectivity index (χ1v) is 7.48. The maximum Gasteiger partial charge on any atom is 0.243 e. The Kier molecular flexibility index (Phi) is 5.38. The minimum Gasteiger partial charge on any atom is -0.493 e. The molecule has 0 fully saturated rings. The number of ether oxygens (including phenoxy) is 2. The lowest BCUT2D eigenvalue weighted by Crippen LogP contribution is -2.09. The van der Waals surface area contributed by atoms with E-state index in [9.17, 15) is 0 Å². The van der Waals surface area contributed by atoms with Crippen LogP contribution in [-0.4, -0.2) is 33.9 Å². The monoisotopic (exact) mass is 355 g/mol. The minimum absolute atomic E-state index is 0.533. The van der Waals surface area contributed by atoms with Gasteiger partial charge in [-0.1, -0.05) is 21.0 Å². The Balaban J connectivity index is 2.24. The molecule has 2 rings (SSSR count). The van der Waals surface area contributed by atoms with Crippen LogP contribution in [0.25, 0.3) is 0 Å². The first-order chi connectivity index (χ1) is 10.2. The average Bonchev–Trinajstić information content (AvgIpc) is 2.94. The second kappa shape index (κ2) is 7.26. The van der Waals surface area contributed by atoms with Gasteiger partial charge in [0, 0.05) is 23.1 Å². The highest BCUT2D eigenvalue weighted by atomic mass is 79.9. The Hall–Kier alpha value is -1.83. The van der Waals surface area contributed by atoms with E-state index in [4.69, 9.17) is 9.47 Å². The molecule has 1 N–H and O–H groups in total. The Morgan fingerprint density at radius 3 is 2.81 bits per heavy atom. The van der Waals surface area contributed by atoms with Crippen LogP contribution in [0.5, 0.6) is 11.5 Å². The van der Waals surface area contributed by atoms with E-state index >= 15 is 0 Å². The van der Waals surface area contributed by atoms with Crippen LogP contribution >= 0.6 is 15.9 Å². The third-order valence-electron chi connectivity index (χ3n) is 2.87. The molecule has 0 radical (unpaired) electrons. The van der Waals surface area contributed by atoms with E-state index in [0.717, 1.165) is 15.8 Å². The molecule has 1 heterocycles. The molecule has 2 aromatic rings. The molecule has 0 aliphatic rings. The molecule has 8 heteroatoms. The molecule has 0 bridgehead atoms. The van der Waals surface area contributed by atoms with Gasteiger partial charge in [-0.2, -0.15) is 0 Å². The second-order valence-corrected chi connectivity index (χ2v) is 5.12. The average molecular weight is 356 g/mol. The third kappa shape index (κ3) is 3.63. The van der Waals surface area contributed by atoms with E-state index in [0.29, 0.717) is 31.4 Å². The fourth-order valence-corrected chi connectivity index (χ4v) is 2.42. The summed E-state index contributed by atoms with van der Waals surface area (Å²) < 4.78 is 13.7. The van der Waals surface area contributed by atoms with Crippen molar-refractivity contribution in [1.29, 1.82) is 0 Å². The standard InChI is InChI=1S/C13H18BrN5O2/c1-4-19-13(16-17-18-19)15-8-9-6-10(14)7-11(20-3)12(9)21-5-2/h6-7H,4-5,8H2,1-3H3,(H,15,16,18). The number of anilines is 1. The van der Waals surface area contributed by atoms with Gasteiger partial charge in [0.1, 0.15) is 0 Å². The number of nitrogens with zero attached hydrogens (tertiary/aromatic N) is 4. The highest BCUT2D eigenvalue weighted by Crippen LogP contribution is 2.35. The number of benzene rings is 1. The molecule has 0 atom stereocenters. The van der Waals surface area contributed by atoms with E-state index in [-0.39, 0.29) is 0 Å². The quantitative estimate of drug-likeness (QED) is 0.822. The van der Waals surface area contributed by atoms with Crippen molar-refractivity contribution in [2.45, 2.75) is 26.9 Å². The summed E-state index contributed by atoms with van der Waals surface area (Å²) in [5, 5.41) is 14.7. The van der Waals surface area contributed by atoms with E-state index in [1.54, 1.807) is 11.8 Å². The molecule has 0 aliphatic carbocycles. The van der Waals surface area contributed by atoms with Crippen molar-refractivity contribution in [2.75, 3.05) is 19.0 Å². The van der Waals surface area contributed by atoms with Gasteiger partial charge in [-0.25, -0.2) is 4.68 Å². The van der Waals surface area contributed by atoms with Gasteiger partial charge in [-0.05, 0) is 36.4 Å². The fourth-order valence-electron chi connectivity index (χ4n) is 1.93. The molecular weight excluding hydrogens is 338 g/mol. The lowest BCUT2D eigenvalue weighted by Gasteiger charge is -2.15. The van der Waals surface area contributed by atoms with Crippen LogP contribution in [-0.2, 0) is 13.1 Å². The van der Waals surface area contributed by atoms with Gasteiger partial charge in [-0.3, -0.25) is 0 Å². The summed E-state index contributed by atoms with van der Waals surface area (Å²) >= 11 is 3.48. The van der Waals surface area contributed by atoms with Crippen LogP contribution in [0.3, 0.4) is 0 Å². The first-order valence-electron chi connectivity index (χ1n) is 6.68. The Morgan fingerprint density at radius 1 is 1.33 bits per heavy atom. The molecule has 1 aromatic heterocycles. The summed E-state index contributed by atoms with van der Waals surface area (Å²) in [5.74, 6) is 2.04. The normalized spacial score (nSPS) is 10.5. The van der Waals surface area contributed by atoms with E-state index in [1.165, 1.54) is 0 Å². The molecular formula is C13H18BrN5O2. The minimum atomic E-state index is 0.533. The number of tetrazole rings is 1. The zero-order chi connectivity index (χ0) is 15.2. The zero-order valence-corrected chi connectivity index (χ0v) is 13.8. The van der Waals surface area contributed by atoms with Crippen LogP contribution in [0.1, 0.15) is 19.4 Å². The molecule has 0 unspecified atom stereocenters. The molecule has 0 saturated heterocycles. The SMILES string of the molecule is CCOc1c(CNc2nnnn2CC)cc(Br)cc1OC. The number of methoxy groups -OCH3 is 1. The van der Waals surface area contributed by atoms with Gasteiger partial charge in [0.25, 0.3) is 0 Å².